The molecule has 0 bridgehead atoms. The Hall–Kier alpha value is -1.81. The van der Waals surface area contributed by atoms with Gasteiger partial charge in [0.15, 0.2) is 0 Å². The van der Waals surface area contributed by atoms with Crippen LogP contribution in [0.3, 0.4) is 0 Å². The summed E-state index contributed by atoms with van der Waals surface area (Å²) in [5, 5.41) is 6.70. The lowest BCUT2D eigenvalue weighted by atomic mass is 9.77. The molecule has 0 aromatic carbocycles. The van der Waals surface area contributed by atoms with E-state index in [4.69, 9.17) is 4.99 Å². The summed E-state index contributed by atoms with van der Waals surface area (Å²) in [5.41, 5.74) is 6.93. The van der Waals surface area contributed by atoms with E-state index in [1.54, 1.807) is 5.57 Å². The Balaban J connectivity index is 1.71. The number of likely N-dealkylation sites (N-methyl/N-ethyl adjacent to an activating group) is 2. The van der Waals surface area contributed by atoms with Crippen LogP contribution in [0.4, 0.5) is 0 Å². The van der Waals surface area contributed by atoms with Crippen molar-refractivity contribution >= 4 is 6.21 Å². The maximum atomic E-state index is 4.77. The van der Waals surface area contributed by atoms with E-state index in [0.29, 0.717) is 0 Å². The van der Waals surface area contributed by atoms with Crippen molar-refractivity contribution in [2.24, 2.45) is 10.9 Å². The van der Waals surface area contributed by atoms with Gasteiger partial charge in [-0.3, -0.25) is 4.99 Å². The molecule has 0 spiro atoms. The van der Waals surface area contributed by atoms with E-state index < -0.39 is 0 Å². The van der Waals surface area contributed by atoms with E-state index in [0.717, 1.165) is 25.4 Å². The molecule has 3 rings (SSSR count). The number of nitrogens with zero attached hydrogens (tertiary/aromatic N) is 2. The number of dihydropyridines is 1. The van der Waals surface area contributed by atoms with Crippen LogP contribution < -0.4 is 10.6 Å². The molecule has 2 N–H and O–H groups in total. The average molecular weight is 341 g/mol. The average Bonchev–Trinajstić information content (AvgIpc) is 2.57. The van der Waals surface area contributed by atoms with Crippen LogP contribution in [-0.2, 0) is 0 Å². The molecule has 2 heterocycles. The molecule has 0 saturated heterocycles. The standard InChI is InChI=1S/C21H32N4/c1-5-20-18(21(22-3)9-10-24-20)13-23-12-17-11-15(2)19(14-25(17)4)16-7-6-8-16/h9-11,13,16,21-22,24H,5-8,12,14H2,1-4H3. The molecular weight excluding hydrogens is 308 g/mol. The van der Waals surface area contributed by atoms with Crippen LogP contribution in [0.2, 0.25) is 0 Å². The van der Waals surface area contributed by atoms with Crippen molar-refractivity contribution in [1.82, 2.24) is 15.5 Å². The quantitative estimate of drug-likeness (QED) is 0.728. The van der Waals surface area contributed by atoms with Gasteiger partial charge in [0, 0.05) is 36.8 Å². The zero-order chi connectivity index (χ0) is 17.8. The second-order valence-electron chi connectivity index (χ2n) is 7.35. The van der Waals surface area contributed by atoms with Gasteiger partial charge in [-0.1, -0.05) is 13.3 Å². The molecule has 4 heteroatoms. The van der Waals surface area contributed by atoms with Gasteiger partial charge >= 0.3 is 0 Å². The topological polar surface area (TPSA) is 39.7 Å². The molecule has 0 radical (unpaired) electrons. The Kier molecular flexibility index (Phi) is 5.79. The Morgan fingerprint density at radius 1 is 1.40 bits per heavy atom. The van der Waals surface area contributed by atoms with Gasteiger partial charge in [-0.25, -0.2) is 0 Å². The second-order valence-corrected chi connectivity index (χ2v) is 7.35. The van der Waals surface area contributed by atoms with E-state index in [-0.39, 0.29) is 6.04 Å². The van der Waals surface area contributed by atoms with Crippen molar-refractivity contribution in [3.8, 4) is 0 Å². The van der Waals surface area contributed by atoms with Gasteiger partial charge in [-0.15, -0.1) is 0 Å². The molecule has 1 atom stereocenters. The van der Waals surface area contributed by atoms with E-state index in [9.17, 15) is 0 Å². The molecule has 0 aromatic rings. The minimum absolute atomic E-state index is 0.241. The van der Waals surface area contributed by atoms with E-state index in [1.807, 2.05) is 19.5 Å². The van der Waals surface area contributed by atoms with E-state index in [1.165, 1.54) is 41.8 Å². The predicted octanol–water partition coefficient (Wildman–Crippen LogP) is 3.37. The van der Waals surface area contributed by atoms with Crippen molar-refractivity contribution in [3.05, 3.63) is 46.5 Å². The van der Waals surface area contributed by atoms with Gasteiger partial charge in [0.1, 0.15) is 0 Å². The van der Waals surface area contributed by atoms with Gasteiger partial charge in [-0.05, 0) is 68.6 Å². The first-order chi connectivity index (χ1) is 12.1. The second kappa shape index (κ2) is 8.05. The highest BCUT2D eigenvalue weighted by Crippen LogP contribution is 2.37. The van der Waals surface area contributed by atoms with Gasteiger partial charge in [-0.2, -0.15) is 0 Å². The molecular formula is C21H32N4. The SMILES string of the molecule is CCC1=C(C=NCC2=CC(C)=C(C3CCC3)CN2C)C(NC)C=CN1. The van der Waals surface area contributed by atoms with Gasteiger partial charge in [0.05, 0.1) is 12.6 Å². The maximum absolute atomic E-state index is 4.77. The molecule has 1 unspecified atom stereocenters. The first-order valence-corrected chi connectivity index (χ1v) is 9.58. The number of aliphatic imine (C=N–C) groups is 1. The summed E-state index contributed by atoms with van der Waals surface area (Å²) in [6.45, 7) is 6.27. The molecule has 1 saturated carbocycles. The number of hydrogen-bond donors (Lipinski definition) is 2. The third-order valence-corrected chi connectivity index (χ3v) is 5.76. The summed E-state index contributed by atoms with van der Waals surface area (Å²) >= 11 is 0. The van der Waals surface area contributed by atoms with E-state index in [2.05, 4.69) is 48.6 Å². The van der Waals surface area contributed by atoms with Gasteiger partial charge in [0.25, 0.3) is 0 Å². The zero-order valence-corrected chi connectivity index (χ0v) is 16.1. The van der Waals surface area contributed by atoms with Crippen LogP contribution in [0.1, 0.15) is 39.5 Å². The lowest BCUT2D eigenvalue weighted by Crippen LogP contribution is -2.32. The van der Waals surface area contributed by atoms with Crippen molar-refractivity contribution in [2.45, 2.75) is 45.6 Å². The molecule has 0 amide bonds. The number of hydrogen-bond acceptors (Lipinski definition) is 4. The number of nitrogens with one attached hydrogen (secondary N) is 2. The predicted molar refractivity (Wildman–Crippen MR) is 107 cm³/mol. The molecule has 136 valence electrons. The largest absolute Gasteiger partial charge is 0.372 e. The van der Waals surface area contributed by atoms with Crippen LogP contribution in [0, 0.1) is 5.92 Å². The highest BCUT2D eigenvalue weighted by molar-refractivity contribution is 5.82. The minimum Gasteiger partial charge on any atom is -0.372 e. The van der Waals surface area contributed by atoms with Gasteiger partial charge < -0.3 is 15.5 Å². The van der Waals surface area contributed by atoms with Crippen LogP contribution in [0.15, 0.2) is 51.5 Å². The number of rotatable bonds is 6. The van der Waals surface area contributed by atoms with Crippen LogP contribution >= 0.6 is 0 Å². The van der Waals surface area contributed by atoms with Gasteiger partial charge in [0.2, 0.25) is 0 Å². The van der Waals surface area contributed by atoms with Crippen molar-refractivity contribution in [3.63, 3.8) is 0 Å². The first kappa shape index (κ1) is 18.0. The first-order valence-electron chi connectivity index (χ1n) is 9.58. The lowest BCUT2D eigenvalue weighted by Gasteiger charge is -2.36. The van der Waals surface area contributed by atoms with Crippen molar-refractivity contribution in [1.29, 1.82) is 0 Å². The molecule has 1 fully saturated rings. The molecule has 25 heavy (non-hydrogen) atoms. The highest BCUT2D eigenvalue weighted by atomic mass is 15.1. The monoisotopic (exact) mass is 340 g/mol. The van der Waals surface area contributed by atoms with E-state index >= 15 is 0 Å². The van der Waals surface area contributed by atoms with Crippen LogP contribution in [0.5, 0.6) is 0 Å². The number of allylic oxidation sites excluding steroid dienone is 3. The Morgan fingerprint density at radius 2 is 2.20 bits per heavy atom. The van der Waals surface area contributed by atoms with Crippen LogP contribution in [-0.4, -0.2) is 44.3 Å². The lowest BCUT2D eigenvalue weighted by molar-refractivity contribution is 0.325. The Labute approximate surface area is 152 Å². The Bertz CT molecular complexity index is 647. The molecule has 0 aromatic heterocycles. The fourth-order valence-corrected chi connectivity index (χ4v) is 3.88. The molecule has 3 aliphatic rings. The fraction of sp³-hybridized carbons (Fsp3) is 0.571. The third kappa shape index (κ3) is 3.90. The third-order valence-electron chi connectivity index (χ3n) is 5.76. The van der Waals surface area contributed by atoms with Crippen LogP contribution in [0.25, 0.3) is 0 Å². The fourth-order valence-electron chi connectivity index (χ4n) is 3.88. The summed E-state index contributed by atoms with van der Waals surface area (Å²) in [6, 6.07) is 0.241. The zero-order valence-electron chi connectivity index (χ0n) is 16.1. The van der Waals surface area contributed by atoms with Crippen molar-refractivity contribution in [2.75, 3.05) is 27.2 Å². The summed E-state index contributed by atoms with van der Waals surface area (Å²) in [7, 11) is 4.19. The summed E-state index contributed by atoms with van der Waals surface area (Å²) in [5.74, 6) is 0.831. The summed E-state index contributed by atoms with van der Waals surface area (Å²) < 4.78 is 0. The Morgan fingerprint density at radius 3 is 2.84 bits per heavy atom. The molecule has 1 aliphatic carbocycles. The maximum Gasteiger partial charge on any atom is 0.0788 e. The normalized spacial score (nSPS) is 24.7. The molecule has 2 aliphatic heterocycles. The highest BCUT2D eigenvalue weighted by Gasteiger charge is 2.26. The molecule has 4 nitrogen and oxygen atoms in total. The van der Waals surface area contributed by atoms with Crippen molar-refractivity contribution < 1.29 is 0 Å². The minimum atomic E-state index is 0.241. The smallest absolute Gasteiger partial charge is 0.0788 e. The summed E-state index contributed by atoms with van der Waals surface area (Å²) in [4.78, 5) is 7.15. The summed E-state index contributed by atoms with van der Waals surface area (Å²) in [6.07, 6.45) is 13.7.